The average molecular weight is 321 g/mol. The number of nitrogens with zero attached hydrogens (tertiary/aromatic N) is 1. The van der Waals surface area contributed by atoms with E-state index in [1.165, 1.54) is 16.7 Å². The molecular formula is C10H15N3O5S2. The van der Waals surface area contributed by atoms with Crippen molar-refractivity contribution < 1.29 is 23.1 Å². The summed E-state index contributed by atoms with van der Waals surface area (Å²) in [6, 6.07) is -0.469. The third-order valence-electron chi connectivity index (χ3n) is 2.15. The number of urea groups is 1. The van der Waals surface area contributed by atoms with Crippen LogP contribution in [-0.2, 0) is 16.3 Å². The molecule has 112 valence electrons. The highest BCUT2D eigenvalue weighted by Crippen LogP contribution is 2.09. The second-order valence-electron chi connectivity index (χ2n) is 3.99. The van der Waals surface area contributed by atoms with Crippen LogP contribution in [0.2, 0.25) is 0 Å². The molecule has 1 heterocycles. The van der Waals surface area contributed by atoms with Crippen LogP contribution in [0.5, 0.6) is 0 Å². The van der Waals surface area contributed by atoms with Gasteiger partial charge in [-0.15, -0.1) is 11.3 Å². The molecule has 0 aliphatic rings. The molecule has 0 aliphatic heterocycles. The zero-order chi connectivity index (χ0) is 15.2. The number of thiazole rings is 1. The molecule has 0 unspecified atom stereocenters. The van der Waals surface area contributed by atoms with E-state index in [0.29, 0.717) is 11.4 Å². The monoisotopic (exact) mass is 321 g/mol. The van der Waals surface area contributed by atoms with Gasteiger partial charge in [-0.3, -0.25) is 0 Å². The number of carboxylic acids is 1. The summed E-state index contributed by atoms with van der Waals surface area (Å²) in [4.78, 5) is 25.8. The quantitative estimate of drug-likeness (QED) is 0.634. The van der Waals surface area contributed by atoms with Gasteiger partial charge in [-0.25, -0.2) is 23.0 Å². The molecule has 0 fully saturated rings. The highest BCUT2D eigenvalue weighted by Gasteiger charge is 2.09. The first-order chi connectivity index (χ1) is 9.28. The Morgan fingerprint density at radius 1 is 1.35 bits per heavy atom. The van der Waals surface area contributed by atoms with Crippen molar-refractivity contribution in [2.75, 3.05) is 25.1 Å². The third kappa shape index (κ3) is 6.48. The second-order valence-corrected chi connectivity index (χ2v) is 7.20. The molecule has 20 heavy (non-hydrogen) atoms. The van der Waals surface area contributed by atoms with Gasteiger partial charge in [-0.05, 0) is 0 Å². The Morgan fingerprint density at radius 2 is 2.00 bits per heavy atom. The van der Waals surface area contributed by atoms with Crippen molar-refractivity contribution >= 4 is 33.2 Å². The average Bonchev–Trinajstić information content (AvgIpc) is 2.76. The molecule has 8 nitrogen and oxygen atoms in total. The molecule has 3 N–H and O–H groups in total. The fourth-order valence-electron chi connectivity index (χ4n) is 1.22. The van der Waals surface area contributed by atoms with E-state index < -0.39 is 21.8 Å². The number of amides is 2. The van der Waals surface area contributed by atoms with Crippen molar-refractivity contribution in [1.82, 2.24) is 15.6 Å². The van der Waals surface area contributed by atoms with E-state index in [0.717, 1.165) is 6.26 Å². The lowest BCUT2D eigenvalue weighted by atomic mass is 10.4. The highest BCUT2D eigenvalue weighted by molar-refractivity contribution is 7.90. The first-order valence-corrected chi connectivity index (χ1v) is 8.59. The third-order valence-corrected chi connectivity index (χ3v) is 4.01. The maximum absolute atomic E-state index is 11.3. The van der Waals surface area contributed by atoms with E-state index in [1.807, 2.05) is 0 Å². The Labute approximate surface area is 120 Å². The van der Waals surface area contributed by atoms with Crippen molar-refractivity contribution in [3.63, 3.8) is 0 Å². The maximum Gasteiger partial charge on any atom is 0.355 e. The van der Waals surface area contributed by atoms with Gasteiger partial charge in [0.15, 0.2) is 5.69 Å². The summed E-state index contributed by atoms with van der Waals surface area (Å²) < 4.78 is 21.7. The van der Waals surface area contributed by atoms with Gasteiger partial charge < -0.3 is 15.7 Å². The lowest BCUT2D eigenvalue weighted by Crippen LogP contribution is -2.38. The molecule has 2 amide bonds. The van der Waals surface area contributed by atoms with E-state index in [2.05, 4.69) is 15.6 Å². The number of hydrogen-bond acceptors (Lipinski definition) is 6. The number of nitrogens with one attached hydrogen (secondary N) is 2. The van der Waals surface area contributed by atoms with E-state index in [-0.39, 0.29) is 24.5 Å². The maximum atomic E-state index is 11.3. The number of hydrogen-bond donors (Lipinski definition) is 3. The van der Waals surface area contributed by atoms with Gasteiger partial charge in [0.1, 0.15) is 9.84 Å². The van der Waals surface area contributed by atoms with Gasteiger partial charge >= 0.3 is 12.0 Å². The molecule has 0 aromatic carbocycles. The van der Waals surface area contributed by atoms with Gasteiger partial charge in [0.05, 0.1) is 10.8 Å². The predicted molar refractivity (Wildman–Crippen MR) is 73.9 cm³/mol. The summed E-state index contributed by atoms with van der Waals surface area (Å²) in [5.41, 5.74) is -0.0115. The number of aromatic nitrogens is 1. The minimum absolute atomic E-state index is 0.0115. The molecule has 10 heteroatoms. The van der Waals surface area contributed by atoms with E-state index >= 15 is 0 Å². The minimum Gasteiger partial charge on any atom is -0.476 e. The van der Waals surface area contributed by atoms with Crippen LogP contribution in [0.25, 0.3) is 0 Å². The standard InChI is InChI=1S/C10H15N3O5S2/c1-20(17,18)5-4-12-10(16)11-3-2-8-13-7(6-19-8)9(14)15/h6H,2-5H2,1H3,(H,14,15)(H2,11,12,16). The molecule has 1 rings (SSSR count). The Bertz CT molecular complexity index is 581. The molecule has 0 saturated carbocycles. The lowest BCUT2D eigenvalue weighted by molar-refractivity contribution is 0.0691. The van der Waals surface area contributed by atoms with Crippen LogP contribution in [0.3, 0.4) is 0 Å². The lowest BCUT2D eigenvalue weighted by Gasteiger charge is -2.05. The fraction of sp³-hybridized carbons (Fsp3) is 0.500. The van der Waals surface area contributed by atoms with Crippen LogP contribution in [0, 0.1) is 0 Å². The summed E-state index contributed by atoms with van der Waals surface area (Å²) in [6.45, 7) is 0.336. The van der Waals surface area contributed by atoms with Gasteiger partial charge in [0.2, 0.25) is 0 Å². The molecule has 0 atom stereocenters. The molecule has 0 saturated heterocycles. The molecular weight excluding hydrogens is 306 g/mol. The second kappa shape index (κ2) is 7.20. The summed E-state index contributed by atoms with van der Waals surface area (Å²) >= 11 is 1.21. The molecule has 1 aromatic heterocycles. The van der Waals surface area contributed by atoms with Crippen LogP contribution < -0.4 is 10.6 Å². The van der Waals surface area contributed by atoms with Gasteiger partial charge in [0, 0.05) is 31.1 Å². The summed E-state index contributed by atoms with van der Waals surface area (Å²) in [5, 5.41) is 15.7. The summed E-state index contributed by atoms with van der Waals surface area (Å²) in [7, 11) is -3.10. The predicted octanol–water partition coefficient (Wildman–Crippen LogP) is -0.272. The van der Waals surface area contributed by atoms with Gasteiger partial charge in [-0.1, -0.05) is 0 Å². The van der Waals surface area contributed by atoms with Crippen molar-refractivity contribution in [3.8, 4) is 0 Å². The number of sulfone groups is 1. The molecule has 0 spiro atoms. The SMILES string of the molecule is CS(=O)(=O)CCNC(=O)NCCc1nc(C(=O)O)cs1. The van der Waals surface area contributed by atoms with Crippen LogP contribution in [-0.4, -0.2) is 55.6 Å². The fourth-order valence-corrected chi connectivity index (χ4v) is 2.46. The van der Waals surface area contributed by atoms with Crippen LogP contribution >= 0.6 is 11.3 Å². The number of rotatable bonds is 7. The topological polar surface area (TPSA) is 125 Å². The van der Waals surface area contributed by atoms with Crippen LogP contribution in [0.1, 0.15) is 15.5 Å². The minimum atomic E-state index is -3.10. The first kappa shape index (κ1) is 16.4. The van der Waals surface area contributed by atoms with Crippen molar-refractivity contribution in [1.29, 1.82) is 0 Å². The smallest absolute Gasteiger partial charge is 0.355 e. The Balaban J connectivity index is 2.23. The molecule has 0 aliphatic carbocycles. The largest absolute Gasteiger partial charge is 0.476 e. The summed E-state index contributed by atoms with van der Waals surface area (Å²) in [6.07, 6.45) is 1.51. The van der Waals surface area contributed by atoms with Gasteiger partial charge in [0.25, 0.3) is 0 Å². The molecule has 1 aromatic rings. The van der Waals surface area contributed by atoms with E-state index in [1.54, 1.807) is 0 Å². The molecule has 0 bridgehead atoms. The van der Waals surface area contributed by atoms with E-state index in [4.69, 9.17) is 5.11 Å². The number of carbonyl (C=O) groups is 2. The van der Waals surface area contributed by atoms with Crippen molar-refractivity contribution in [2.45, 2.75) is 6.42 Å². The highest BCUT2D eigenvalue weighted by atomic mass is 32.2. The molecule has 0 radical (unpaired) electrons. The number of carboxylic acid groups (broad SMARTS) is 1. The zero-order valence-electron chi connectivity index (χ0n) is 10.7. The summed E-state index contributed by atoms with van der Waals surface area (Å²) in [5.74, 6) is -1.20. The Morgan fingerprint density at radius 3 is 2.55 bits per heavy atom. The first-order valence-electron chi connectivity index (χ1n) is 5.65. The zero-order valence-corrected chi connectivity index (χ0v) is 12.4. The number of aromatic carboxylic acids is 1. The normalized spacial score (nSPS) is 11.1. The Hall–Kier alpha value is -1.68. The van der Waals surface area contributed by atoms with Crippen LogP contribution in [0.15, 0.2) is 5.38 Å². The van der Waals surface area contributed by atoms with E-state index in [9.17, 15) is 18.0 Å². The van der Waals surface area contributed by atoms with Crippen molar-refractivity contribution in [3.05, 3.63) is 16.1 Å². The van der Waals surface area contributed by atoms with Gasteiger partial charge in [-0.2, -0.15) is 0 Å². The Kier molecular flexibility index (Phi) is 5.89. The van der Waals surface area contributed by atoms with Crippen molar-refractivity contribution in [2.24, 2.45) is 0 Å². The number of carbonyl (C=O) groups excluding carboxylic acids is 1. The van der Waals surface area contributed by atoms with Crippen LogP contribution in [0.4, 0.5) is 4.79 Å².